The van der Waals surface area contributed by atoms with E-state index in [0.29, 0.717) is 33.9 Å². The molecule has 1 fully saturated rings. The predicted octanol–water partition coefficient (Wildman–Crippen LogP) is 3.74. The first-order chi connectivity index (χ1) is 12.0. The second-order valence-corrected chi connectivity index (χ2v) is 6.54. The third kappa shape index (κ3) is 4.60. The Balaban J connectivity index is 1.73. The molecule has 2 heterocycles. The Hall–Kier alpha value is -1.89. The molecule has 1 atom stereocenters. The Kier molecular flexibility index (Phi) is 5.73. The summed E-state index contributed by atoms with van der Waals surface area (Å²) in [6, 6.07) is 6.84. The first-order valence-electron chi connectivity index (χ1n) is 7.99. The molecule has 1 aromatic heterocycles. The Morgan fingerprint density at radius 1 is 1.36 bits per heavy atom. The lowest BCUT2D eigenvalue weighted by Crippen LogP contribution is -2.32. The number of nitrogens with one attached hydrogen (secondary N) is 2. The Morgan fingerprint density at radius 2 is 2.20 bits per heavy atom. The molecule has 1 amide bonds. The molecule has 132 valence electrons. The van der Waals surface area contributed by atoms with Crippen molar-refractivity contribution in [2.45, 2.75) is 25.9 Å². The Labute approximate surface area is 155 Å². The maximum Gasteiger partial charge on any atom is 0.270 e. The van der Waals surface area contributed by atoms with Crippen molar-refractivity contribution in [3.8, 4) is 0 Å². The second kappa shape index (κ2) is 7.99. The van der Waals surface area contributed by atoms with Crippen LogP contribution in [0.5, 0.6) is 0 Å². The number of hydrogen-bond donors (Lipinski definition) is 2. The second-order valence-electron chi connectivity index (χ2n) is 5.76. The van der Waals surface area contributed by atoms with Crippen LogP contribution in [0.3, 0.4) is 0 Å². The third-order valence-electron chi connectivity index (χ3n) is 3.80. The minimum Gasteiger partial charge on any atom is -0.376 e. The number of carbonyl (C=O) groups is 1. The number of anilines is 2. The number of aromatic nitrogens is 2. The molecule has 1 unspecified atom stereocenters. The van der Waals surface area contributed by atoms with Gasteiger partial charge >= 0.3 is 0 Å². The third-order valence-corrected chi connectivity index (χ3v) is 4.62. The van der Waals surface area contributed by atoms with Crippen molar-refractivity contribution in [2.75, 3.05) is 18.5 Å². The molecule has 2 aromatic rings. The lowest BCUT2D eigenvalue weighted by Gasteiger charge is -2.12. The van der Waals surface area contributed by atoms with E-state index in [-0.39, 0.29) is 17.7 Å². The fourth-order valence-electron chi connectivity index (χ4n) is 2.59. The van der Waals surface area contributed by atoms with Crippen LogP contribution in [0.1, 0.15) is 29.2 Å². The van der Waals surface area contributed by atoms with Gasteiger partial charge in [-0.25, -0.2) is 9.97 Å². The van der Waals surface area contributed by atoms with Crippen molar-refractivity contribution < 1.29 is 9.53 Å². The molecule has 8 heteroatoms. The molecule has 2 N–H and O–H groups in total. The predicted molar refractivity (Wildman–Crippen MR) is 97.8 cm³/mol. The van der Waals surface area contributed by atoms with Crippen LogP contribution in [-0.4, -0.2) is 35.1 Å². The van der Waals surface area contributed by atoms with E-state index >= 15 is 0 Å². The summed E-state index contributed by atoms with van der Waals surface area (Å²) in [4.78, 5) is 20.8. The van der Waals surface area contributed by atoms with Crippen molar-refractivity contribution in [2.24, 2.45) is 0 Å². The molecular weight excluding hydrogens is 363 g/mol. The van der Waals surface area contributed by atoms with E-state index in [1.807, 2.05) is 0 Å². The molecule has 1 aromatic carbocycles. The summed E-state index contributed by atoms with van der Waals surface area (Å²) in [5.41, 5.74) is 0.893. The minimum atomic E-state index is -0.263. The highest BCUT2D eigenvalue weighted by Crippen LogP contribution is 2.31. The first-order valence-corrected chi connectivity index (χ1v) is 8.75. The number of amides is 1. The van der Waals surface area contributed by atoms with Gasteiger partial charge in [-0.05, 0) is 31.9 Å². The summed E-state index contributed by atoms with van der Waals surface area (Å²) >= 11 is 12.2. The van der Waals surface area contributed by atoms with Gasteiger partial charge in [0.05, 0.1) is 21.8 Å². The molecule has 0 aliphatic carbocycles. The van der Waals surface area contributed by atoms with Crippen LogP contribution < -0.4 is 10.6 Å². The van der Waals surface area contributed by atoms with E-state index in [2.05, 4.69) is 20.6 Å². The van der Waals surface area contributed by atoms with Gasteiger partial charge in [-0.15, -0.1) is 0 Å². The lowest BCUT2D eigenvalue weighted by atomic mass is 10.2. The van der Waals surface area contributed by atoms with Gasteiger partial charge in [0.25, 0.3) is 5.91 Å². The molecule has 0 saturated carbocycles. The van der Waals surface area contributed by atoms with Gasteiger partial charge in [0.1, 0.15) is 17.3 Å². The molecule has 0 radical (unpaired) electrons. The summed E-state index contributed by atoms with van der Waals surface area (Å²) in [5.74, 6) is 0.686. The van der Waals surface area contributed by atoms with Crippen molar-refractivity contribution >= 4 is 40.6 Å². The molecule has 0 spiro atoms. The summed E-state index contributed by atoms with van der Waals surface area (Å²) < 4.78 is 5.50. The fraction of sp³-hybridized carbons (Fsp3) is 0.353. The topological polar surface area (TPSA) is 76.1 Å². The van der Waals surface area contributed by atoms with Crippen molar-refractivity contribution in [3.05, 3.63) is 45.8 Å². The van der Waals surface area contributed by atoms with Crippen LogP contribution in [0.15, 0.2) is 24.3 Å². The maximum atomic E-state index is 12.3. The zero-order valence-electron chi connectivity index (χ0n) is 13.7. The summed E-state index contributed by atoms with van der Waals surface area (Å²) in [5, 5.41) is 6.76. The summed E-state index contributed by atoms with van der Waals surface area (Å²) in [6.45, 7) is 2.95. The summed E-state index contributed by atoms with van der Waals surface area (Å²) in [6.07, 6.45) is 2.07. The smallest absolute Gasteiger partial charge is 0.270 e. The minimum absolute atomic E-state index is 0.0785. The number of aryl methyl sites for hydroxylation is 1. The lowest BCUT2D eigenvalue weighted by molar-refractivity contribution is 0.0853. The van der Waals surface area contributed by atoms with Gasteiger partial charge in [-0.1, -0.05) is 29.3 Å². The van der Waals surface area contributed by atoms with Crippen LogP contribution in [0.4, 0.5) is 11.5 Å². The highest BCUT2D eigenvalue weighted by Gasteiger charge is 2.18. The van der Waals surface area contributed by atoms with Crippen molar-refractivity contribution in [3.63, 3.8) is 0 Å². The molecule has 1 saturated heterocycles. The molecule has 3 rings (SSSR count). The van der Waals surface area contributed by atoms with E-state index < -0.39 is 0 Å². The molecule has 6 nitrogen and oxygen atoms in total. The molecule has 0 bridgehead atoms. The number of rotatable bonds is 5. The SMILES string of the molecule is Cc1nc(Nc2cccc(Cl)c2Cl)cc(C(=O)NCC2CCCO2)n1. The zero-order valence-corrected chi connectivity index (χ0v) is 15.2. The van der Waals surface area contributed by atoms with Crippen molar-refractivity contribution in [1.29, 1.82) is 0 Å². The van der Waals surface area contributed by atoms with Crippen LogP contribution in [0, 0.1) is 6.92 Å². The fourth-order valence-corrected chi connectivity index (χ4v) is 2.94. The van der Waals surface area contributed by atoms with Gasteiger partial charge < -0.3 is 15.4 Å². The Morgan fingerprint density at radius 3 is 2.96 bits per heavy atom. The van der Waals surface area contributed by atoms with Gasteiger partial charge in [0, 0.05) is 19.2 Å². The maximum absolute atomic E-state index is 12.3. The van der Waals surface area contributed by atoms with E-state index in [1.165, 1.54) is 0 Å². The van der Waals surface area contributed by atoms with Gasteiger partial charge in [0.2, 0.25) is 0 Å². The number of ether oxygens (including phenoxy) is 1. The number of nitrogens with zero attached hydrogens (tertiary/aromatic N) is 2. The average Bonchev–Trinajstić information content (AvgIpc) is 3.10. The van der Waals surface area contributed by atoms with E-state index in [9.17, 15) is 4.79 Å². The average molecular weight is 381 g/mol. The molecule has 1 aliphatic heterocycles. The largest absolute Gasteiger partial charge is 0.376 e. The Bertz CT molecular complexity index is 779. The number of hydrogen-bond acceptors (Lipinski definition) is 5. The number of benzene rings is 1. The molecular formula is C17H18Cl2N4O2. The monoisotopic (exact) mass is 380 g/mol. The quantitative estimate of drug-likeness (QED) is 0.825. The van der Waals surface area contributed by atoms with E-state index in [4.69, 9.17) is 27.9 Å². The first kappa shape index (κ1) is 17.9. The normalized spacial score (nSPS) is 16.7. The van der Waals surface area contributed by atoms with Crippen LogP contribution >= 0.6 is 23.2 Å². The molecule has 1 aliphatic rings. The standard InChI is InChI=1S/C17H18Cl2N4O2/c1-10-21-14(17(24)20-9-11-4-3-7-25-11)8-15(22-10)23-13-6-2-5-12(18)16(13)19/h2,5-6,8,11H,3-4,7,9H2,1H3,(H,20,24)(H,21,22,23). The van der Waals surface area contributed by atoms with Crippen LogP contribution in [-0.2, 0) is 4.74 Å². The van der Waals surface area contributed by atoms with E-state index in [1.54, 1.807) is 31.2 Å². The van der Waals surface area contributed by atoms with Crippen LogP contribution in [0.25, 0.3) is 0 Å². The van der Waals surface area contributed by atoms with Gasteiger partial charge in [-0.2, -0.15) is 0 Å². The molecule has 25 heavy (non-hydrogen) atoms. The highest BCUT2D eigenvalue weighted by atomic mass is 35.5. The number of carbonyl (C=O) groups excluding carboxylic acids is 1. The zero-order chi connectivity index (χ0) is 17.8. The summed E-state index contributed by atoms with van der Waals surface area (Å²) in [7, 11) is 0. The van der Waals surface area contributed by atoms with Gasteiger partial charge in [-0.3, -0.25) is 4.79 Å². The van der Waals surface area contributed by atoms with Crippen LogP contribution in [0.2, 0.25) is 10.0 Å². The highest BCUT2D eigenvalue weighted by molar-refractivity contribution is 6.43. The van der Waals surface area contributed by atoms with Crippen molar-refractivity contribution in [1.82, 2.24) is 15.3 Å². The van der Waals surface area contributed by atoms with Gasteiger partial charge in [0.15, 0.2) is 0 Å². The number of halogens is 2. The van der Waals surface area contributed by atoms with E-state index in [0.717, 1.165) is 19.4 Å².